The van der Waals surface area contributed by atoms with Crippen LogP contribution in [0.25, 0.3) is 0 Å². The van der Waals surface area contributed by atoms with Gasteiger partial charge in [0.1, 0.15) is 0 Å². The van der Waals surface area contributed by atoms with E-state index in [0.29, 0.717) is 10.6 Å². The molecule has 18 heavy (non-hydrogen) atoms. The average Bonchev–Trinajstić information content (AvgIpc) is 2.28. The van der Waals surface area contributed by atoms with Crippen LogP contribution < -0.4 is 0 Å². The minimum atomic E-state index is -1.61. The SMILES string of the molecule is CC[C@](O)(c1ccccc1Cl)N(C(=O)O)C(C)C. The van der Waals surface area contributed by atoms with Gasteiger partial charge in [0.2, 0.25) is 0 Å². The quantitative estimate of drug-likeness (QED) is 0.826. The molecule has 1 aromatic rings. The smallest absolute Gasteiger partial charge is 0.410 e. The molecule has 0 aliphatic heterocycles. The number of carbonyl (C=O) groups is 1. The largest absolute Gasteiger partial charge is 0.465 e. The molecular formula is C13H18ClNO3. The first-order valence-electron chi connectivity index (χ1n) is 5.84. The Labute approximate surface area is 112 Å². The first-order chi connectivity index (χ1) is 8.34. The average molecular weight is 272 g/mol. The Balaban J connectivity index is 3.36. The summed E-state index contributed by atoms with van der Waals surface area (Å²) in [6.45, 7) is 5.15. The van der Waals surface area contributed by atoms with Crippen LogP contribution in [0.15, 0.2) is 24.3 Å². The van der Waals surface area contributed by atoms with Crippen molar-refractivity contribution in [3.05, 3.63) is 34.9 Å². The van der Waals surface area contributed by atoms with Crippen molar-refractivity contribution in [2.75, 3.05) is 0 Å². The van der Waals surface area contributed by atoms with Crippen molar-refractivity contribution in [2.45, 2.75) is 39.0 Å². The highest BCUT2D eigenvalue weighted by atomic mass is 35.5. The van der Waals surface area contributed by atoms with Gasteiger partial charge in [-0.3, -0.25) is 4.90 Å². The Morgan fingerprint density at radius 2 is 2.00 bits per heavy atom. The maximum absolute atomic E-state index is 11.4. The second kappa shape index (κ2) is 5.59. The minimum Gasteiger partial charge on any atom is -0.465 e. The number of carboxylic acid groups (broad SMARTS) is 1. The van der Waals surface area contributed by atoms with Crippen LogP contribution >= 0.6 is 11.6 Å². The number of rotatable bonds is 4. The molecule has 0 aliphatic rings. The summed E-state index contributed by atoms with van der Waals surface area (Å²) in [6, 6.07) is 6.39. The Morgan fingerprint density at radius 1 is 1.44 bits per heavy atom. The third-order valence-corrected chi connectivity index (χ3v) is 3.25. The molecule has 100 valence electrons. The topological polar surface area (TPSA) is 60.8 Å². The molecule has 0 saturated heterocycles. The molecule has 0 radical (unpaired) electrons. The molecule has 1 atom stereocenters. The second-order valence-electron chi connectivity index (χ2n) is 4.40. The molecule has 1 aromatic carbocycles. The maximum atomic E-state index is 11.4. The van der Waals surface area contributed by atoms with E-state index in [9.17, 15) is 15.0 Å². The van der Waals surface area contributed by atoms with Crippen LogP contribution in [0, 0.1) is 0 Å². The van der Waals surface area contributed by atoms with E-state index in [1.165, 1.54) is 0 Å². The van der Waals surface area contributed by atoms with Crippen LogP contribution in [0.5, 0.6) is 0 Å². The molecule has 0 aromatic heterocycles. The number of nitrogens with zero attached hydrogens (tertiary/aromatic N) is 1. The van der Waals surface area contributed by atoms with Crippen LogP contribution in [0.4, 0.5) is 4.79 Å². The lowest BCUT2D eigenvalue weighted by Crippen LogP contribution is -2.52. The summed E-state index contributed by atoms with van der Waals surface area (Å²) in [5.74, 6) is 0. The zero-order chi connectivity index (χ0) is 13.9. The number of hydrogen-bond donors (Lipinski definition) is 2. The summed E-state index contributed by atoms with van der Waals surface area (Å²) in [4.78, 5) is 12.4. The molecule has 2 N–H and O–H groups in total. The van der Waals surface area contributed by atoms with Crippen LogP contribution in [0.2, 0.25) is 5.02 Å². The second-order valence-corrected chi connectivity index (χ2v) is 4.80. The summed E-state index contributed by atoms with van der Waals surface area (Å²) in [7, 11) is 0. The van der Waals surface area contributed by atoms with Crippen molar-refractivity contribution in [1.29, 1.82) is 0 Å². The van der Waals surface area contributed by atoms with Crippen molar-refractivity contribution in [2.24, 2.45) is 0 Å². The first kappa shape index (κ1) is 14.8. The molecule has 5 heteroatoms. The molecule has 0 saturated carbocycles. The molecule has 4 nitrogen and oxygen atoms in total. The predicted molar refractivity (Wildman–Crippen MR) is 70.6 cm³/mol. The fourth-order valence-electron chi connectivity index (χ4n) is 2.08. The highest BCUT2D eigenvalue weighted by Gasteiger charge is 2.40. The van der Waals surface area contributed by atoms with Gasteiger partial charge in [-0.15, -0.1) is 0 Å². The summed E-state index contributed by atoms with van der Waals surface area (Å²) >= 11 is 6.06. The number of aliphatic hydroxyl groups is 1. The van der Waals surface area contributed by atoms with Gasteiger partial charge in [-0.1, -0.05) is 36.7 Å². The van der Waals surface area contributed by atoms with Crippen molar-refractivity contribution >= 4 is 17.7 Å². The summed E-state index contributed by atoms with van der Waals surface area (Å²) in [6.07, 6.45) is -0.949. The van der Waals surface area contributed by atoms with Crippen molar-refractivity contribution in [1.82, 2.24) is 4.90 Å². The van der Waals surface area contributed by atoms with Gasteiger partial charge in [-0.05, 0) is 26.3 Å². The highest BCUT2D eigenvalue weighted by Crippen LogP contribution is 2.35. The van der Waals surface area contributed by atoms with E-state index >= 15 is 0 Å². The number of benzene rings is 1. The zero-order valence-electron chi connectivity index (χ0n) is 10.7. The lowest BCUT2D eigenvalue weighted by atomic mass is 9.97. The summed E-state index contributed by atoms with van der Waals surface area (Å²) in [5.41, 5.74) is -1.21. The van der Waals surface area contributed by atoms with E-state index in [2.05, 4.69) is 0 Å². The van der Waals surface area contributed by atoms with Crippen molar-refractivity contribution in [3.63, 3.8) is 0 Å². The Hall–Kier alpha value is -1.26. The Bertz CT molecular complexity index is 436. The van der Waals surface area contributed by atoms with Crippen LogP contribution in [-0.4, -0.2) is 27.2 Å². The number of halogens is 1. The van der Waals surface area contributed by atoms with E-state index in [1.807, 2.05) is 0 Å². The standard InChI is InChI=1S/C13H18ClNO3/c1-4-13(18,15(9(2)3)12(16)17)10-7-5-6-8-11(10)14/h5-9,18H,4H2,1-3H3,(H,16,17)/t13-/m0/s1. The summed E-state index contributed by atoms with van der Waals surface area (Å²) < 4.78 is 0. The number of amides is 1. The van der Waals surface area contributed by atoms with Gasteiger partial charge in [0.25, 0.3) is 0 Å². The van der Waals surface area contributed by atoms with Gasteiger partial charge in [-0.2, -0.15) is 0 Å². The van der Waals surface area contributed by atoms with E-state index in [4.69, 9.17) is 11.6 Å². The maximum Gasteiger partial charge on any atom is 0.410 e. The molecule has 0 fully saturated rings. The van der Waals surface area contributed by atoms with Gasteiger partial charge in [0.15, 0.2) is 5.72 Å². The fraction of sp³-hybridized carbons (Fsp3) is 0.462. The van der Waals surface area contributed by atoms with E-state index in [0.717, 1.165) is 4.90 Å². The molecule has 0 unspecified atom stereocenters. The monoisotopic (exact) mass is 271 g/mol. The van der Waals surface area contributed by atoms with Crippen LogP contribution in [0.3, 0.4) is 0 Å². The third kappa shape index (κ3) is 2.60. The first-order valence-corrected chi connectivity index (χ1v) is 6.22. The van der Waals surface area contributed by atoms with Gasteiger partial charge < -0.3 is 10.2 Å². The van der Waals surface area contributed by atoms with Gasteiger partial charge >= 0.3 is 6.09 Å². The van der Waals surface area contributed by atoms with Crippen molar-refractivity contribution < 1.29 is 15.0 Å². The van der Waals surface area contributed by atoms with E-state index in [-0.39, 0.29) is 12.5 Å². The van der Waals surface area contributed by atoms with Crippen LogP contribution in [0.1, 0.15) is 32.8 Å². The Kier molecular flexibility index (Phi) is 4.59. The molecule has 1 rings (SSSR count). The lowest BCUT2D eigenvalue weighted by molar-refractivity contribution is -0.114. The molecule has 0 heterocycles. The molecule has 1 amide bonds. The molecule has 0 bridgehead atoms. The van der Waals surface area contributed by atoms with Crippen LogP contribution in [-0.2, 0) is 5.72 Å². The van der Waals surface area contributed by atoms with Gasteiger partial charge in [0.05, 0.1) is 0 Å². The minimum absolute atomic E-state index is 0.223. The predicted octanol–water partition coefficient (Wildman–Crippen LogP) is 3.28. The lowest BCUT2D eigenvalue weighted by Gasteiger charge is -2.40. The molecule has 0 spiro atoms. The van der Waals surface area contributed by atoms with E-state index < -0.39 is 11.8 Å². The Morgan fingerprint density at radius 3 is 2.39 bits per heavy atom. The van der Waals surface area contributed by atoms with E-state index in [1.54, 1.807) is 45.0 Å². The summed E-state index contributed by atoms with van der Waals surface area (Å²) in [5, 5.41) is 20.4. The molecule has 0 aliphatic carbocycles. The van der Waals surface area contributed by atoms with Gasteiger partial charge in [-0.25, -0.2) is 4.79 Å². The fourth-order valence-corrected chi connectivity index (χ4v) is 2.37. The zero-order valence-corrected chi connectivity index (χ0v) is 11.5. The normalized spacial score (nSPS) is 14.3. The highest BCUT2D eigenvalue weighted by molar-refractivity contribution is 6.31. The van der Waals surface area contributed by atoms with Crippen molar-refractivity contribution in [3.8, 4) is 0 Å². The third-order valence-electron chi connectivity index (χ3n) is 2.92. The molecular weight excluding hydrogens is 254 g/mol. The van der Waals surface area contributed by atoms with Gasteiger partial charge in [0, 0.05) is 16.6 Å². The number of hydrogen-bond acceptors (Lipinski definition) is 2.